The fourth-order valence-electron chi connectivity index (χ4n) is 2.37. The van der Waals surface area contributed by atoms with E-state index in [4.69, 9.17) is 4.52 Å². The van der Waals surface area contributed by atoms with Gasteiger partial charge in [-0.2, -0.15) is 18.2 Å². The highest BCUT2D eigenvalue weighted by molar-refractivity contribution is 4.85. The summed E-state index contributed by atoms with van der Waals surface area (Å²) >= 11 is 0. The van der Waals surface area contributed by atoms with Gasteiger partial charge >= 0.3 is 6.18 Å². The molecule has 1 saturated heterocycles. The van der Waals surface area contributed by atoms with Crippen molar-refractivity contribution in [1.82, 2.24) is 20.4 Å². The summed E-state index contributed by atoms with van der Waals surface area (Å²) in [5, 5.41) is 7.03. The van der Waals surface area contributed by atoms with Gasteiger partial charge in [0.15, 0.2) is 5.82 Å². The molecule has 1 aromatic rings. The van der Waals surface area contributed by atoms with Gasteiger partial charge in [0.25, 0.3) is 0 Å². The Hall–Kier alpha value is -1.15. The predicted octanol–water partition coefficient (Wildman–Crippen LogP) is 1.54. The fourth-order valence-corrected chi connectivity index (χ4v) is 2.37. The molecule has 20 heavy (non-hydrogen) atoms. The maximum absolute atomic E-state index is 12.2. The van der Waals surface area contributed by atoms with Gasteiger partial charge in [-0.25, -0.2) is 0 Å². The Labute approximate surface area is 115 Å². The molecule has 0 spiro atoms. The summed E-state index contributed by atoms with van der Waals surface area (Å²) in [5.41, 5.74) is 0. The molecule has 0 radical (unpaired) electrons. The number of hydrogen-bond acceptors (Lipinski definition) is 5. The number of alkyl halides is 3. The zero-order valence-corrected chi connectivity index (χ0v) is 11.4. The quantitative estimate of drug-likeness (QED) is 0.892. The van der Waals surface area contributed by atoms with Crippen molar-refractivity contribution in [3.8, 4) is 0 Å². The van der Waals surface area contributed by atoms with Crippen LogP contribution in [0.3, 0.4) is 0 Å². The number of piperidine rings is 1. The van der Waals surface area contributed by atoms with Crippen molar-refractivity contribution in [3.63, 3.8) is 0 Å². The fraction of sp³-hybridized carbons (Fsp3) is 0.833. The van der Waals surface area contributed by atoms with Crippen LogP contribution in [0.15, 0.2) is 4.52 Å². The van der Waals surface area contributed by atoms with E-state index in [0.29, 0.717) is 37.8 Å². The Kier molecular flexibility index (Phi) is 4.98. The normalized spacial score (nSPS) is 18.6. The largest absolute Gasteiger partial charge is 0.401 e. The van der Waals surface area contributed by atoms with Crippen LogP contribution in [0.1, 0.15) is 24.6 Å². The number of rotatable bonds is 5. The maximum Gasteiger partial charge on any atom is 0.401 e. The van der Waals surface area contributed by atoms with Gasteiger partial charge in [0.2, 0.25) is 5.89 Å². The second-order valence-electron chi connectivity index (χ2n) is 5.11. The highest BCUT2D eigenvalue weighted by Crippen LogP contribution is 2.19. The van der Waals surface area contributed by atoms with Gasteiger partial charge < -0.3 is 9.84 Å². The standard InChI is InChI=1S/C12H19F3N4O/c1-9-17-11(20-18-9)2-5-16-10-3-6-19(7-4-10)8-12(13,14)15/h10,16H,2-8H2,1H3. The van der Waals surface area contributed by atoms with Crippen LogP contribution in [-0.2, 0) is 6.42 Å². The molecular weight excluding hydrogens is 273 g/mol. The molecule has 5 nitrogen and oxygen atoms in total. The molecule has 0 saturated carbocycles. The van der Waals surface area contributed by atoms with E-state index in [1.165, 1.54) is 4.90 Å². The van der Waals surface area contributed by atoms with E-state index < -0.39 is 12.7 Å². The van der Waals surface area contributed by atoms with Crippen LogP contribution in [-0.4, -0.2) is 53.4 Å². The van der Waals surface area contributed by atoms with Crippen molar-refractivity contribution < 1.29 is 17.7 Å². The molecular formula is C12H19F3N4O. The van der Waals surface area contributed by atoms with Crippen LogP contribution in [0.2, 0.25) is 0 Å². The molecule has 0 atom stereocenters. The average molecular weight is 292 g/mol. The number of aryl methyl sites for hydroxylation is 1. The molecule has 1 fully saturated rings. The second-order valence-corrected chi connectivity index (χ2v) is 5.11. The van der Waals surface area contributed by atoms with Gasteiger partial charge in [0.1, 0.15) is 0 Å². The Morgan fingerprint density at radius 2 is 2.05 bits per heavy atom. The van der Waals surface area contributed by atoms with Gasteiger partial charge in [-0.05, 0) is 32.9 Å². The number of hydrogen-bond donors (Lipinski definition) is 1. The first-order valence-corrected chi connectivity index (χ1v) is 6.74. The van der Waals surface area contributed by atoms with Crippen LogP contribution in [0.4, 0.5) is 13.2 Å². The maximum atomic E-state index is 12.2. The summed E-state index contributed by atoms with van der Waals surface area (Å²) in [7, 11) is 0. The average Bonchev–Trinajstić information content (AvgIpc) is 2.75. The zero-order valence-electron chi connectivity index (χ0n) is 11.4. The van der Waals surface area contributed by atoms with Gasteiger partial charge in [-0.15, -0.1) is 0 Å². The van der Waals surface area contributed by atoms with Crippen molar-refractivity contribution in [3.05, 3.63) is 11.7 Å². The zero-order chi connectivity index (χ0) is 14.6. The summed E-state index contributed by atoms with van der Waals surface area (Å²) in [6.07, 6.45) is -1.99. The summed E-state index contributed by atoms with van der Waals surface area (Å²) in [6, 6.07) is 0.267. The Morgan fingerprint density at radius 1 is 1.35 bits per heavy atom. The molecule has 8 heteroatoms. The van der Waals surface area contributed by atoms with Gasteiger partial charge in [-0.3, -0.25) is 4.90 Å². The Bertz CT molecular complexity index is 413. The molecule has 1 aliphatic heterocycles. The summed E-state index contributed by atoms with van der Waals surface area (Å²) in [4.78, 5) is 5.55. The van der Waals surface area contributed by atoms with E-state index in [9.17, 15) is 13.2 Å². The Balaban J connectivity index is 1.62. The monoisotopic (exact) mass is 292 g/mol. The minimum Gasteiger partial charge on any atom is -0.339 e. The lowest BCUT2D eigenvalue weighted by Crippen LogP contribution is -2.45. The minimum absolute atomic E-state index is 0.267. The van der Waals surface area contributed by atoms with E-state index >= 15 is 0 Å². The van der Waals surface area contributed by atoms with Crippen molar-refractivity contribution in [2.45, 2.75) is 38.4 Å². The lowest BCUT2D eigenvalue weighted by Gasteiger charge is -2.32. The molecule has 0 amide bonds. The number of nitrogens with one attached hydrogen (secondary N) is 1. The first kappa shape index (κ1) is 15.2. The second kappa shape index (κ2) is 6.53. The van der Waals surface area contributed by atoms with E-state index in [1.54, 1.807) is 6.92 Å². The van der Waals surface area contributed by atoms with Crippen molar-refractivity contribution in [2.24, 2.45) is 0 Å². The van der Waals surface area contributed by atoms with Crippen molar-refractivity contribution in [1.29, 1.82) is 0 Å². The van der Waals surface area contributed by atoms with Gasteiger partial charge in [0, 0.05) is 19.0 Å². The summed E-state index contributed by atoms with van der Waals surface area (Å²) < 4.78 is 41.7. The third kappa shape index (κ3) is 5.09. The minimum atomic E-state index is -4.10. The molecule has 114 valence electrons. The molecule has 0 aromatic carbocycles. The summed E-state index contributed by atoms with van der Waals surface area (Å²) in [5.74, 6) is 1.20. The van der Waals surface area contributed by atoms with Gasteiger partial charge in [-0.1, -0.05) is 5.16 Å². The van der Waals surface area contributed by atoms with Crippen molar-refractivity contribution in [2.75, 3.05) is 26.2 Å². The molecule has 1 aliphatic rings. The van der Waals surface area contributed by atoms with E-state index in [0.717, 1.165) is 12.8 Å². The summed E-state index contributed by atoms with van der Waals surface area (Å²) in [6.45, 7) is 2.62. The first-order chi connectivity index (χ1) is 9.42. The first-order valence-electron chi connectivity index (χ1n) is 6.74. The third-order valence-electron chi connectivity index (χ3n) is 3.33. The molecule has 2 rings (SSSR count). The van der Waals surface area contributed by atoms with E-state index in [-0.39, 0.29) is 6.04 Å². The lowest BCUT2D eigenvalue weighted by molar-refractivity contribution is -0.148. The molecule has 0 unspecified atom stereocenters. The number of halogens is 3. The number of likely N-dealkylation sites (tertiary alicyclic amines) is 1. The van der Waals surface area contributed by atoms with Gasteiger partial charge in [0.05, 0.1) is 6.54 Å². The number of aromatic nitrogens is 2. The number of nitrogens with zero attached hydrogens (tertiary/aromatic N) is 3. The van der Waals surface area contributed by atoms with Crippen LogP contribution in [0, 0.1) is 6.92 Å². The highest BCUT2D eigenvalue weighted by atomic mass is 19.4. The van der Waals surface area contributed by atoms with Crippen LogP contribution in [0.5, 0.6) is 0 Å². The molecule has 1 N–H and O–H groups in total. The molecule has 0 bridgehead atoms. The molecule has 1 aromatic heterocycles. The van der Waals surface area contributed by atoms with Crippen LogP contribution in [0.25, 0.3) is 0 Å². The van der Waals surface area contributed by atoms with E-state index in [2.05, 4.69) is 15.5 Å². The smallest absolute Gasteiger partial charge is 0.339 e. The van der Waals surface area contributed by atoms with Crippen LogP contribution < -0.4 is 5.32 Å². The third-order valence-corrected chi connectivity index (χ3v) is 3.33. The predicted molar refractivity (Wildman–Crippen MR) is 66.3 cm³/mol. The molecule has 0 aliphatic carbocycles. The van der Waals surface area contributed by atoms with Crippen LogP contribution >= 0.6 is 0 Å². The van der Waals surface area contributed by atoms with E-state index in [1.807, 2.05) is 0 Å². The SMILES string of the molecule is Cc1noc(CCNC2CCN(CC(F)(F)F)CC2)n1. The topological polar surface area (TPSA) is 54.2 Å². The molecule has 2 heterocycles. The van der Waals surface area contributed by atoms with Crippen molar-refractivity contribution >= 4 is 0 Å². The lowest BCUT2D eigenvalue weighted by atomic mass is 10.0. The Morgan fingerprint density at radius 3 is 2.60 bits per heavy atom. The highest BCUT2D eigenvalue weighted by Gasteiger charge is 2.32.